The quantitative estimate of drug-likeness (QED) is 0.544. The first-order chi connectivity index (χ1) is 7.22. The summed E-state index contributed by atoms with van der Waals surface area (Å²) in [6, 6.07) is 0. The summed E-state index contributed by atoms with van der Waals surface area (Å²) in [5, 5.41) is 0. The Morgan fingerprint density at radius 2 is 2.00 bits per heavy atom. The molecule has 1 aliphatic rings. The zero-order chi connectivity index (χ0) is 11.1. The van der Waals surface area contributed by atoms with Gasteiger partial charge in [0.15, 0.2) is 0 Å². The first-order valence-corrected chi connectivity index (χ1v) is 6.14. The number of hydrogen-bond acceptors (Lipinski definition) is 3. The van der Waals surface area contributed by atoms with Gasteiger partial charge in [-0.3, -0.25) is 4.79 Å². The second kappa shape index (κ2) is 6.11. The van der Waals surface area contributed by atoms with Crippen molar-refractivity contribution in [2.75, 3.05) is 6.54 Å². The molecule has 2 N–H and O–H groups in total. The van der Waals surface area contributed by atoms with Crippen molar-refractivity contribution in [3.63, 3.8) is 0 Å². The van der Waals surface area contributed by atoms with Crippen LogP contribution < -0.4 is 5.73 Å². The lowest BCUT2D eigenvalue weighted by atomic mass is 10.0. The van der Waals surface area contributed by atoms with Crippen molar-refractivity contribution < 1.29 is 9.53 Å². The van der Waals surface area contributed by atoms with Gasteiger partial charge in [-0.05, 0) is 32.1 Å². The maximum absolute atomic E-state index is 11.6. The van der Waals surface area contributed by atoms with Crippen LogP contribution >= 0.6 is 0 Å². The molecule has 0 radical (unpaired) electrons. The summed E-state index contributed by atoms with van der Waals surface area (Å²) in [5.74, 6) is -0.0594. The summed E-state index contributed by atoms with van der Waals surface area (Å²) >= 11 is 0. The Balaban J connectivity index is 2.28. The van der Waals surface area contributed by atoms with E-state index in [1.54, 1.807) is 0 Å². The summed E-state index contributed by atoms with van der Waals surface area (Å²) < 4.78 is 5.53. The maximum Gasteiger partial charge on any atom is 0.306 e. The van der Waals surface area contributed by atoms with E-state index in [9.17, 15) is 4.79 Å². The first-order valence-electron chi connectivity index (χ1n) is 6.14. The molecule has 15 heavy (non-hydrogen) atoms. The lowest BCUT2D eigenvalue weighted by molar-refractivity contribution is -0.158. The van der Waals surface area contributed by atoms with Crippen molar-refractivity contribution >= 4 is 5.97 Å². The number of rotatable bonds is 6. The Hall–Kier alpha value is -0.570. The Bertz CT molecular complexity index is 198. The van der Waals surface area contributed by atoms with Crippen LogP contribution in [0.4, 0.5) is 0 Å². The van der Waals surface area contributed by atoms with Crippen LogP contribution in [0.25, 0.3) is 0 Å². The van der Waals surface area contributed by atoms with Gasteiger partial charge in [0.1, 0.15) is 5.60 Å². The van der Waals surface area contributed by atoms with Gasteiger partial charge in [0, 0.05) is 13.0 Å². The van der Waals surface area contributed by atoms with Crippen molar-refractivity contribution in [1.82, 2.24) is 0 Å². The number of unbranched alkanes of at least 4 members (excludes halogenated alkanes) is 2. The minimum absolute atomic E-state index is 0.0594. The molecule has 0 aromatic heterocycles. The minimum atomic E-state index is -0.316. The van der Waals surface area contributed by atoms with Crippen LogP contribution in [0.2, 0.25) is 0 Å². The SMILES string of the molecule is CCCCCC(=O)OC1(CN)CCCC1. The van der Waals surface area contributed by atoms with Crippen LogP contribution in [0, 0.1) is 0 Å². The standard InChI is InChI=1S/C12H23NO2/c1-2-3-4-7-11(14)15-12(10-13)8-5-6-9-12/h2-10,13H2,1H3. The average molecular weight is 213 g/mol. The third-order valence-corrected chi connectivity index (χ3v) is 3.20. The smallest absolute Gasteiger partial charge is 0.306 e. The van der Waals surface area contributed by atoms with Gasteiger partial charge in [0.05, 0.1) is 0 Å². The van der Waals surface area contributed by atoms with E-state index in [2.05, 4.69) is 6.92 Å². The number of esters is 1. The fourth-order valence-electron chi connectivity index (χ4n) is 2.18. The van der Waals surface area contributed by atoms with Crippen LogP contribution in [0.1, 0.15) is 58.3 Å². The molecule has 3 nitrogen and oxygen atoms in total. The predicted octanol–water partition coefficient (Wildman–Crippen LogP) is 2.38. The van der Waals surface area contributed by atoms with Crippen LogP contribution in [-0.4, -0.2) is 18.1 Å². The van der Waals surface area contributed by atoms with Gasteiger partial charge in [0.2, 0.25) is 0 Å². The number of carbonyl (C=O) groups is 1. The lowest BCUT2D eigenvalue weighted by Gasteiger charge is -2.27. The van der Waals surface area contributed by atoms with Crippen molar-refractivity contribution in [1.29, 1.82) is 0 Å². The van der Waals surface area contributed by atoms with E-state index in [1.165, 1.54) is 0 Å². The first kappa shape index (κ1) is 12.5. The van der Waals surface area contributed by atoms with Crippen LogP contribution in [0.5, 0.6) is 0 Å². The Kier molecular flexibility index (Phi) is 5.09. The van der Waals surface area contributed by atoms with Crippen molar-refractivity contribution in [3.8, 4) is 0 Å². The molecule has 0 aromatic carbocycles. The molecule has 1 aliphatic carbocycles. The molecule has 0 atom stereocenters. The van der Waals surface area contributed by atoms with E-state index < -0.39 is 0 Å². The van der Waals surface area contributed by atoms with Gasteiger partial charge in [-0.15, -0.1) is 0 Å². The molecule has 0 amide bonds. The molecule has 0 unspecified atom stereocenters. The highest BCUT2D eigenvalue weighted by atomic mass is 16.6. The molecule has 88 valence electrons. The highest BCUT2D eigenvalue weighted by molar-refractivity contribution is 5.69. The average Bonchev–Trinajstić information content (AvgIpc) is 2.67. The van der Waals surface area contributed by atoms with Gasteiger partial charge in [-0.1, -0.05) is 19.8 Å². The topological polar surface area (TPSA) is 52.3 Å². The van der Waals surface area contributed by atoms with Crippen molar-refractivity contribution in [2.45, 2.75) is 63.9 Å². The van der Waals surface area contributed by atoms with E-state index in [1.807, 2.05) is 0 Å². The number of hydrogen-bond donors (Lipinski definition) is 1. The zero-order valence-corrected chi connectivity index (χ0v) is 9.76. The zero-order valence-electron chi connectivity index (χ0n) is 9.76. The highest BCUT2D eigenvalue weighted by Crippen LogP contribution is 2.32. The van der Waals surface area contributed by atoms with Crippen molar-refractivity contribution in [3.05, 3.63) is 0 Å². The fourth-order valence-corrected chi connectivity index (χ4v) is 2.18. The summed E-state index contributed by atoms with van der Waals surface area (Å²) in [4.78, 5) is 11.6. The molecule has 0 aliphatic heterocycles. The summed E-state index contributed by atoms with van der Waals surface area (Å²) in [5.41, 5.74) is 5.38. The summed E-state index contributed by atoms with van der Waals surface area (Å²) in [6.07, 6.45) is 7.90. The van der Waals surface area contributed by atoms with Crippen molar-refractivity contribution in [2.24, 2.45) is 5.73 Å². The maximum atomic E-state index is 11.6. The van der Waals surface area contributed by atoms with E-state index in [0.29, 0.717) is 13.0 Å². The van der Waals surface area contributed by atoms with Crippen LogP contribution in [0.15, 0.2) is 0 Å². The number of carbonyl (C=O) groups excluding carboxylic acids is 1. The predicted molar refractivity (Wildman–Crippen MR) is 60.5 cm³/mol. The normalized spacial score (nSPS) is 19.1. The number of ether oxygens (including phenoxy) is 1. The van der Waals surface area contributed by atoms with E-state index in [4.69, 9.17) is 10.5 Å². The van der Waals surface area contributed by atoms with Gasteiger partial charge in [0.25, 0.3) is 0 Å². The van der Waals surface area contributed by atoms with Gasteiger partial charge in [-0.2, -0.15) is 0 Å². The van der Waals surface area contributed by atoms with Crippen LogP contribution in [-0.2, 0) is 9.53 Å². The molecule has 0 heterocycles. The summed E-state index contributed by atoms with van der Waals surface area (Å²) in [7, 11) is 0. The Morgan fingerprint density at radius 3 is 2.53 bits per heavy atom. The molecular formula is C12H23NO2. The largest absolute Gasteiger partial charge is 0.458 e. The molecule has 0 saturated heterocycles. The molecule has 0 aromatic rings. The highest BCUT2D eigenvalue weighted by Gasteiger charge is 2.35. The second-order valence-electron chi connectivity index (χ2n) is 4.53. The molecule has 0 bridgehead atoms. The van der Waals surface area contributed by atoms with Gasteiger partial charge < -0.3 is 10.5 Å². The third kappa shape index (κ3) is 3.82. The summed E-state index contributed by atoms with van der Waals surface area (Å²) in [6.45, 7) is 2.61. The molecule has 1 fully saturated rings. The minimum Gasteiger partial charge on any atom is -0.458 e. The molecular weight excluding hydrogens is 190 g/mol. The Morgan fingerprint density at radius 1 is 1.33 bits per heavy atom. The van der Waals surface area contributed by atoms with E-state index in [0.717, 1.165) is 44.9 Å². The Labute approximate surface area is 92.4 Å². The lowest BCUT2D eigenvalue weighted by Crippen LogP contribution is -2.39. The molecule has 0 spiro atoms. The third-order valence-electron chi connectivity index (χ3n) is 3.20. The molecule has 1 saturated carbocycles. The molecule has 1 rings (SSSR count). The van der Waals surface area contributed by atoms with Crippen LogP contribution in [0.3, 0.4) is 0 Å². The monoisotopic (exact) mass is 213 g/mol. The number of nitrogens with two attached hydrogens (primary N) is 1. The fraction of sp³-hybridized carbons (Fsp3) is 0.917. The van der Waals surface area contributed by atoms with Gasteiger partial charge in [-0.25, -0.2) is 0 Å². The van der Waals surface area contributed by atoms with E-state index >= 15 is 0 Å². The van der Waals surface area contributed by atoms with Gasteiger partial charge >= 0.3 is 5.97 Å². The molecule has 3 heteroatoms. The van der Waals surface area contributed by atoms with E-state index in [-0.39, 0.29) is 11.6 Å². The second-order valence-corrected chi connectivity index (χ2v) is 4.53.